The summed E-state index contributed by atoms with van der Waals surface area (Å²) >= 11 is 0. The Labute approximate surface area is 157 Å². The van der Waals surface area contributed by atoms with Gasteiger partial charge in [0, 0.05) is 5.39 Å². The first-order valence-corrected chi connectivity index (χ1v) is 9.47. The molecule has 3 aliphatic rings. The summed E-state index contributed by atoms with van der Waals surface area (Å²) in [5, 5.41) is 2.10. The molecule has 0 aliphatic carbocycles. The molecule has 4 atom stereocenters. The summed E-state index contributed by atoms with van der Waals surface area (Å²) in [6.45, 7) is 2.75. The zero-order chi connectivity index (χ0) is 18.6. The Morgan fingerprint density at radius 1 is 1.26 bits per heavy atom. The lowest BCUT2D eigenvalue weighted by molar-refractivity contribution is -0.152. The summed E-state index contributed by atoms with van der Waals surface area (Å²) in [4.78, 5) is 27.8. The van der Waals surface area contributed by atoms with Crippen LogP contribution >= 0.6 is 0 Å². The van der Waals surface area contributed by atoms with Crippen LogP contribution in [0, 0.1) is 11.8 Å². The number of amides is 1. The van der Waals surface area contributed by atoms with Crippen molar-refractivity contribution in [2.75, 3.05) is 18.1 Å². The van der Waals surface area contributed by atoms with Gasteiger partial charge in [-0.3, -0.25) is 9.59 Å². The molecule has 0 aromatic heterocycles. The predicted molar refractivity (Wildman–Crippen MR) is 101 cm³/mol. The van der Waals surface area contributed by atoms with Gasteiger partial charge in [0.2, 0.25) is 5.91 Å². The van der Waals surface area contributed by atoms with Crippen LogP contribution in [0.2, 0.25) is 0 Å². The normalized spacial score (nSPS) is 30.9. The van der Waals surface area contributed by atoms with E-state index in [-0.39, 0.29) is 18.0 Å². The van der Waals surface area contributed by atoms with Crippen molar-refractivity contribution in [1.29, 1.82) is 0 Å². The summed E-state index contributed by atoms with van der Waals surface area (Å²) in [7, 11) is 0. The molecule has 0 radical (unpaired) electrons. The summed E-state index contributed by atoms with van der Waals surface area (Å²) in [6.07, 6.45) is 4.27. The van der Waals surface area contributed by atoms with Gasteiger partial charge in [0.1, 0.15) is 11.5 Å². The number of benzene rings is 2. The van der Waals surface area contributed by atoms with E-state index in [1.54, 1.807) is 4.90 Å². The molecule has 27 heavy (non-hydrogen) atoms. The number of anilines is 1. The molecule has 5 nitrogen and oxygen atoms in total. The van der Waals surface area contributed by atoms with Crippen molar-refractivity contribution in [2.45, 2.75) is 25.0 Å². The number of esters is 1. The molecule has 2 bridgehead atoms. The highest BCUT2D eigenvalue weighted by Gasteiger charge is 2.67. The minimum Gasteiger partial charge on any atom is -0.465 e. The van der Waals surface area contributed by atoms with E-state index in [0.29, 0.717) is 13.2 Å². The Hall–Kier alpha value is -2.66. The second-order valence-electron chi connectivity index (χ2n) is 7.49. The molecule has 1 amide bonds. The lowest BCUT2D eigenvalue weighted by Gasteiger charge is -2.22. The maximum absolute atomic E-state index is 13.4. The fraction of sp³-hybridized carbons (Fsp3) is 0.364. The number of ether oxygens (including phenoxy) is 2. The number of nitrogens with zero attached hydrogens (tertiary/aromatic N) is 1. The molecule has 0 saturated carbocycles. The van der Waals surface area contributed by atoms with E-state index in [9.17, 15) is 9.59 Å². The minimum atomic E-state index is -0.728. The summed E-state index contributed by atoms with van der Waals surface area (Å²) < 4.78 is 11.5. The van der Waals surface area contributed by atoms with Gasteiger partial charge >= 0.3 is 5.97 Å². The molecule has 3 aliphatic heterocycles. The molecule has 0 N–H and O–H groups in total. The predicted octanol–water partition coefficient (Wildman–Crippen LogP) is 3.08. The molecule has 5 rings (SSSR count). The van der Waals surface area contributed by atoms with E-state index in [0.717, 1.165) is 22.9 Å². The Kier molecular flexibility index (Phi) is 3.62. The molecule has 2 aromatic rings. The average molecular weight is 363 g/mol. The molecule has 0 unspecified atom stereocenters. The zero-order valence-electron chi connectivity index (χ0n) is 15.1. The van der Waals surface area contributed by atoms with E-state index < -0.39 is 17.4 Å². The quantitative estimate of drug-likeness (QED) is 0.619. The SMILES string of the molecule is CCCOC(=O)[C@H]1[C@@H]2C=C[C@]3(CN(c4cccc5ccccc45)C(=O)[C@H]13)O2. The van der Waals surface area contributed by atoms with Crippen molar-refractivity contribution in [3.05, 3.63) is 54.6 Å². The third-order valence-corrected chi connectivity index (χ3v) is 5.88. The van der Waals surface area contributed by atoms with Crippen LogP contribution in [0.15, 0.2) is 54.6 Å². The maximum atomic E-state index is 13.4. The van der Waals surface area contributed by atoms with Crippen molar-refractivity contribution in [3.8, 4) is 0 Å². The molecule has 3 heterocycles. The van der Waals surface area contributed by atoms with Crippen LogP contribution < -0.4 is 4.90 Å². The topological polar surface area (TPSA) is 55.8 Å². The largest absolute Gasteiger partial charge is 0.465 e. The second-order valence-corrected chi connectivity index (χ2v) is 7.49. The molecule has 1 spiro atoms. The van der Waals surface area contributed by atoms with Crippen LogP contribution in [0.3, 0.4) is 0 Å². The zero-order valence-corrected chi connectivity index (χ0v) is 15.1. The van der Waals surface area contributed by atoms with Crippen LogP contribution in [0.1, 0.15) is 13.3 Å². The van der Waals surface area contributed by atoms with Crippen molar-refractivity contribution >= 4 is 28.3 Å². The lowest BCUT2D eigenvalue weighted by Crippen LogP contribution is -2.40. The summed E-state index contributed by atoms with van der Waals surface area (Å²) in [6, 6.07) is 14.0. The number of hydrogen-bond donors (Lipinski definition) is 0. The van der Waals surface area contributed by atoms with Crippen LogP contribution in [-0.2, 0) is 19.1 Å². The number of fused-ring (bicyclic) bond motifs is 2. The highest BCUT2D eigenvalue weighted by molar-refractivity contribution is 6.08. The fourth-order valence-electron chi connectivity index (χ4n) is 4.71. The minimum absolute atomic E-state index is 0.0587. The second kappa shape index (κ2) is 5.92. The Morgan fingerprint density at radius 2 is 2.07 bits per heavy atom. The molecular weight excluding hydrogens is 342 g/mol. The van der Waals surface area contributed by atoms with Gasteiger partial charge in [-0.1, -0.05) is 55.5 Å². The Balaban J connectivity index is 1.53. The summed E-state index contributed by atoms with van der Waals surface area (Å²) in [5.41, 5.74) is 0.136. The molecule has 5 heteroatoms. The monoisotopic (exact) mass is 363 g/mol. The standard InChI is InChI=1S/C22H21NO4/c1-2-12-26-21(25)18-17-10-11-22(27-17)13-23(20(24)19(18)22)16-9-5-7-14-6-3-4-8-15(14)16/h3-11,17-19H,2,12-13H2,1H3/t17-,18-,19-,22+/m0/s1. The number of hydrogen-bond acceptors (Lipinski definition) is 4. The average Bonchev–Trinajstić information content (AvgIpc) is 3.34. The molecule has 2 saturated heterocycles. The first-order valence-electron chi connectivity index (χ1n) is 9.47. The van der Waals surface area contributed by atoms with Crippen LogP contribution in [0.4, 0.5) is 5.69 Å². The van der Waals surface area contributed by atoms with E-state index in [2.05, 4.69) is 0 Å². The van der Waals surface area contributed by atoms with Crippen molar-refractivity contribution in [2.24, 2.45) is 11.8 Å². The first kappa shape index (κ1) is 16.5. The van der Waals surface area contributed by atoms with Gasteiger partial charge in [-0.2, -0.15) is 0 Å². The smallest absolute Gasteiger partial charge is 0.312 e. The third kappa shape index (κ3) is 2.28. The maximum Gasteiger partial charge on any atom is 0.312 e. The van der Waals surface area contributed by atoms with Gasteiger partial charge < -0.3 is 14.4 Å². The first-order chi connectivity index (χ1) is 13.1. The number of carbonyl (C=O) groups is 2. The lowest BCUT2D eigenvalue weighted by atomic mass is 9.77. The number of rotatable bonds is 4. The molecule has 138 valence electrons. The van der Waals surface area contributed by atoms with Gasteiger partial charge in [0.05, 0.1) is 30.9 Å². The van der Waals surface area contributed by atoms with Crippen LogP contribution in [0.25, 0.3) is 10.8 Å². The molecular formula is C22H21NO4. The summed E-state index contributed by atoms with van der Waals surface area (Å²) in [5.74, 6) is -1.47. The van der Waals surface area contributed by atoms with E-state index in [1.165, 1.54) is 0 Å². The van der Waals surface area contributed by atoms with Crippen LogP contribution in [-0.4, -0.2) is 36.7 Å². The Morgan fingerprint density at radius 3 is 2.93 bits per heavy atom. The van der Waals surface area contributed by atoms with Crippen molar-refractivity contribution in [1.82, 2.24) is 0 Å². The van der Waals surface area contributed by atoms with Gasteiger partial charge in [0.15, 0.2) is 0 Å². The Bertz CT molecular complexity index is 962. The van der Waals surface area contributed by atoms with Gasteiger partial charge in [-0.25, -0.2) is 0 Å². The third-order valence-electron chi connectivity index (χ3n) is 5.88. The van der Waals surface area contributed by atoms with Gasteiger partial charge in [0.25, 0.3) is 0 Å². The van der Waals surface area contributed by atoms with Crippen molar-refractivity contribution in [3.63, 3.8) is 0 Å². The molecule has 2 aromatic carbocycles. The van der Waals surface area contributed by atoms with Crippen LogP contribution in [0.5, 0.6) is 0 Å². The van der Waals surface area contributed by atoms with Gasteiger partial charge in [-0.15, -0.1) is 0 Å². The highest BCUT2D eigenvalue weighted by atomic mass is 16.6. The molecule has 2 fully saturated rings. The fourth-order valence-corrected chi connectivity index (χ4v) is 4.71. The highest BCUT2D eigenvalue weighted by Crippen LogP contribution is 2.53. The van der Waals surface area contributed by atoms with E-state index in [1.807, 2.05) is 61.5 Å². The van der Waals surface area contributed by atoms with E-state index >= 15 is 0 Å². The van der Waals surface area contributed by atoms with E-state index in [4.69, 9.17) is 9.47 Å². The van der Waals surface area contributed by atoms with Gasteiger partial charge in [-0.05, 0) is 17.9 Å². The number of carbonyl (C=O) groups excluding carboxylic acids is 2. The van der Waals surface area contributed by atoms with Crippen molar-refractivity contribution < 1.29 is 19.1 Å².